The number of aliphatic hydroxyl groups is 1. The molecule has 7 nitrogen and oxygen atoms in total. The van der Waals surface area contributed by atoms with Crippen molar-refractivity contribution in [3.63, 3.8) is 0 Å². The van der Waals surface area contributed by atoms with Crippen molar-refractivity contribution >= 4 is 21.7 Å². The van der Waals surface area contributed by atoms with E-state index in [0.717, 1.165) is 18.2 Å². The van der Waals surface area contributed by atoms with Gasteiger partial charge in [-0.2, -0.15) is 13.2 Å². The molecular weight excluding hydrogens is 317 g/mol. The number of hydrogen-bond donors (Lipinski definition) is 4. The van der Waals surface area contributed by atoms with Crippen LogP contribution >= 0.6 is 0 Å². The number of nitrogens with one attached hydrogen (secondary N) is 1. The molecule has 0 bridgehead atoms. The summed E-state index contributed by atoms with van der Waals surface area (Å²) in [6.07, 6.45) is -7.84. The first kappa shape index (κ1) is 17.2. The van der Waals surface area contributed by atoms with Crippen LogP contribution in [0.3, 0.4) is 0 Å². The first-order chi connectivity index (χ1) is 9.45. The molecule has 0 heterocycles. The molecule has 0 fully saturated rings. The molecule has 11 heteroatoms. The van der Waals surface area contributed by atoms with E-state index in [0.29, 0.717) is 0 Å². The third kappa shape index (κ3) is 4.31. The highest BCUT2D eigenvalue weighted by Gasteiger charge is 2.38. The number of carbonyl (C=O) groups is 1. The lowest BCUT2D eigenvalue weighted by Crippen LogP contribution is -2.40. The number of aliphatic hydroxyl groups excluding tert-OH is 1. The second kappa shape index (κ2) is 5.87. The standard InChI is InChI=1S/C10H11F3N2O5S/c11-10(12,13)8(16)4-15-21(19,20)7-2-1-5(9(17)18)3-6(7)14/h1-3,8,15-16H,4,14H2,(H,17,18). The van der Waals surface area contributed by atoms with Gasteiger partial charge in [0, 0.05) is 6.54 Å². The number of nitrogens with two attached hydrogens (primary N) is 1. The van der Waals surface area contributed by atoms with Gasteiger partial charge in [-0.05, 0) is 18.2 Å². The summed E-state index contributed by atoms with van der Waals surface area (Å²) in [4.78, 5) is 10.1. The Labute approximate surface area is 117 Å². The first-order valence-electron chi connectivity index (χ1n) is 5.32. The number of carboxylic acid groups (broad SMARTS) is 1. The van der Waals surface area contributed by atoms with E-state index < -0.39 is 45.4 Å². The molecule has 0 aliphatic heterocycles. The molecule has 1 aromatic rings. The monoisotopic (exact) mass is 328 g/mol. The fraction of sp³-hybridized carbons (Fsp3) is 0.300. The van der Waals surface area contributed by atoms with Crippen molar-refractivity contribution in [2.45, 2.75) is 17.2 Å². The number of hydrogen-bond acceptors (Lipinski definition) is 5. The van der Waals surface area contributed by atoms with E-state index in [-0.39, 0.29) is 5.56 Å². The van der Waals surface area contributed by atoms with Crippen LogP contribution in [-0.4, -0.2) is 43.4 Å². The lowest BCUT2D eigenvalue weighted by molar-refractivity contribution is -0.200. The van der Waals surface area contributed by atoms with Gasteiger partial charge in [-0.25, -0.2) is 17.9 Å². The summed E-state index contributed by atoms with van der Waals surface area (Å²) in [7, 11) is -4.42. The average molecular weight is 328 g/mol. The van der Waals surface area contributed by atoms with E-state index in [1.165, 1.54) is 0 Å². The van der Waals surface area contributed by atoms with Crippen molar-refractivity contribution in [1.82, 2.24) is 4.72 Å². The third-order valence-corrected chi connectivity index (χ3v) is 3.89. The van der Waals surface area contributed by atoms with Gasteiger partial charge >= 0.3 is 12.1 Å². The molecule has 1 atom stereocenters. The predicted octanol–water partition coefficient (Wildman–Crippen LogP) is 0.168. The van der Waals surface area contributed by atoms with Gasteiger partial charge in [-0.15, -0.1) is 0 Å². The van der Waals surface area contributed by atoms with Crippen molar-refractivity contribution in [2.24, 2.45) is 0 Å². The smallest absolute Gasteiger partial charge is 0.415 e. The quantitative estimate of drug-likeness (QED) is 0.570. The van der Waals surface area contributed by atoms with Crippen molar-refractivity contribution in [3.8, 4) is 0 Å². The number of carboxylic acids is 1. The second-order valence-corrected chi connectivity index (χ2v) is 5.70. The molecule has 118 valence electrons. The molecule has 0 radical (unpaired) electrons. The summed E-state index contributed by atoms with van der Waals surface area (Å²) >= 11 is 0. The molecule has 0 spiro atoms. The highest BCUT2D eigenvalue weighted by molar-refractivity contribution is 7.89. The fourth-order valence-corrected chi connectivity index (χ4v) is 2.46. The Morgan fingerprint density at radius 1 is 1.38 bits per heavy atom. The van der Waals surface area contributed by atoms with Crippen LogP contribution < -0.4 is 10.5 Å². The Hall–Kier alpha value is -1.85. The number of sulfonamides is 1. The molecule has 0 aliphatic rings. The van der Waals surface area contributed by atoms with E-state index in [9.17, 15) is 26.4 Å². The highest BCUT2D eigenvalue weighted by atomic mass is 32.2. The van der Waals surface area contributed by atoms with E-state index in [1.807, 2.05) is 0 Å². The summed E-state index contributed by atoms with van der Waals surface area (Å²) in [5, 5.41) is 17.4. The van der Waals surface area contributed by atoms with Crippen molar-refractivity contribution in [2.75, 3.05) is 12.3 Å². The van der Waals surface area contributed by atoms with E-state index in [4.69, 9.17) is 15.9 Å². The average Bonchev–Trinajstić information content (AvgIpc) is 2.34. The Balaban J connectivity index is 2.96. The number of aromatic carboxylic acids is 1. The SMILES string of the molecule is Nc1cc(C(=O)O)ccc1S(=O)(=O)NCC(O)C(F)(F)F. The maximum Gasteiger partial charge on any atom is 0.415 e. The number of benzene rings is 1. The maximum absolute atomic E-state index is 12.1. The number of alkyl halides is 3. The van der Waals surface area contributed by atoms with Gasteiger partial charge in [0.15, 0.2) is 6.10 Å². The van der Waals surface area contributed by atoms with Gasteiger partial charge in [0.05, 0.1) is 11.3 Å². The molecule has 0 saturated carbocycles. The molecule has 21 heavy (non-hydrogen) atoms. The summed E-state index contributed by atoms with van der Waals surface area (Å²) in [5.41, 5.74) is 4.65. The molecular formula is C10H11F3N2O5S. The molecule has 5 N–H and O–H groups in total. The molecule has 1 unspecified atom stereocenters. The molecule has 0 aromatic heterocycles. The second-order valence-electron chi connectivity index (χ2n) is 3.97. The topological polar surface area (TPSA) is 130 Å². The van der Waals surface area contributed by atoms with Crippen LogP contribution in [0.5, 0.6) is 0 Å². The lowest BCUT2D eigenvalue weighted by atomic mass is 10.2. The van der Waals surface area contributed by atoms with Crippen molar-refractivity contribution < 1.29 is 36.6 Å². The van der Waals surface area contributed by atoms with Gasteiger partial charge < -0.3 is 15.9 Å². The van der Waals surface area contributed by atoms with Crippen LogP contribution in [0.2, 0.25) is 0 Å². The van der Waals surface area contributed by atoms with E-state index >= 15 is 0 Å². The minimum Gasteiger partial charge on any atom is -0.478 e. The van der Waals surface area contributed by atoms with Gasteiger partial charge in [0.1, 0.15) is 4.90 Å². The molecule has 0 aliphatic carbocycles. The summed E-state index contributed by atoms with van der Waals surface area (Å²) in [6.45, 7) is -1.29. The summed E-state index contributed by atoms with van der Waals surface area (Å²) < 4.78 is 61.3. The van der Waals surface area contributed by atoms with Gasteiger partial charge in [-0.3, -0.25) is 0 Å². The first-order valence-corrected chi connectivity index (χ1v) is 6.80. The highest BCUT2D eigenvalue weighted by Crippen LogP contribution is 2.22. The zero-order valence-electron chi connectivity index (χ0n) is 10.3. The molecule has 1 rings (SSSR count). The minimum atomic E-state index is -4.97. The molecule has 0 amide bonds. The Morgan fingerprint density at radius 2 is 1.95 bits per heavy atom. The van der Waals surface area contributed by atoms with Crippen LogP contribution in [0.15, 0.2) is 23.1 Å². The number of halogens is 3. The maximum atomic E-state index is 12.1. The molecule has 1 aromatic carbocycles. The Morgan fingerprint density at radius 3 is 2.38 bits per heavy atom. The van der Waals surface area contributed by atoms with Crippen LogP contribution in [0.25, 0.3) is 0 Å². The van der Waals surface area contributed by atoms with Gasteiger partial charge in [0.2, 0.25) is 10.0 Å². The van der Waals surface area contributed by atoms with Crippen LogP contribution in [0.1, 0.15) is 10.4 Å². The van der Waals surface area contributed by atoms with Crippen LogP contribution in [0.4, 0.5) is 18.9 Å². The molecule has 0 saturated heterocycles. The Bertz CT molecular complexity index is 645. The number of rotatable bonds is 5. The van der Waals surface area contributed by atoms with Crippen molar-refractivity contribution in [1.29, 1.82) is 0 Å². The third-order valence-electron chi connectivity index (χ3n) is 2.39. The summed E-state index contributed by atoms with van der Waals surface area (Å²) in [6, 6.07) is 2.64. The summed E-state index contributed by atoms with van der Waals surface area (Å²) in [5.74, 6) is -1.34. The largest absolute Gasteiger partial charge is 0.478 e. The van der Waals surface area contributed by atoms with Crippen molar-refractivity contribution in [3.05, 3.63) is 23.8 Å². The fourth-order valence-electron chi connectivity index (χ4n) is 1.31. The van der Waals surface area contributed by atoms with E-state index in [2.05, 4.69) is 0 Å². The number of nitrogen functional groups attached to an aromatic ring is 1. The van der Waals surface area contributed by atoms with Crippen LogP contribution in [-0.2, 0) is 10.0 Å². The van der Waals surface area contributed by atoms with E-state index in [1.54, 1.807) is 4.72 Å². The van der Waals surface area contributed by atoms with Crippen LogP contribution in [0, 0.1) is 0 Å². The zero-order valence-corrected chi connectivity index (χ0v) is 11.1. The normalized spacial score (nSPS) is 13.9. The zero-order chi connectivity index (χ0) is 16.4. The lowest BCUT2D eigenvalue weighted by Gasteiger charge is -2.15. The minimum absolute atomic E-state index is 0.276. The van der Waals surface area contributed by atoms with Gasteiger partial charge in [-0.1, -0.05) is 0 Å². The Kier molecular flexibility index (Phi) is 4.81. The number of anilines is 1. The predicted molar refractivity (Wildman–Crippen MR) is 65.1 cm³/mol. The van der Waals surface area contributed by atoms with Gasteiger partial charge in [0.25, 0.3) is 0 Å².